The number of pyridine rings is 1. The van der Waals surface area contributed by atoms with Crippen LogP contribution in [-0.2, 0) is 0 Å². The molecule has 1 saturated heterocycles. The Morgan fingerprint density at radius 2 is 1.74 bits per heavy atom. The minimum absolute atomic E-state index is 0.141. The Labute approximate surface area is 203 Å². The number of hydrogen-bond acceptors (Lipinski definition) is 5. The number of carbonyl (C=O) groups excluding carboxylic acids is 1. The first-order valence-electron chi connectivity index (χ1n) is 11.3. The summed E-state index contributed by atoms with van der Waals surface area (Å²) in [5, 5.41) is 9.16. The van der Waals surface area contributed by atoms with Crippen LogP contribution in [0.4, 0.5) is 5.69 Å². The predicted octanol–water partition coefficient (Wildman–Crippen LogP) is 4.56. The smallest absolute Gasteiger partial charge is 0.276 e. The fourth-order valence-corrected chi connectivity index (χ4v) is 4.56. The lowest BCUT2D eigenvalue weighted by Crippen LogP contribution is -2.49. The lowest BCUT2D eigenvalue weighted by molar-refractivity contribution is 0.0741. The third-order valence-electron chi connectivity index (χ3n) is 6.16. The summed E-state index contributed by atoms with van der Waals surface area (Å²) in [5.74, 6) is -0.141. The van der Waals surface area contributed by atoms with Gasteiger partial charge in [-0.25, -0.2) is 4.68 Å². The summed E-state index contributed by atoms with van der Waals surface area (Å²) in [6, 6.07) is 17.6. The predicted molar refractivity (Wildman–Crippen MR) is 134 cm³/mol. The number of aromatic nitrogens is 4. The Morgan fingerprint density at radius 3 is 2.47 bits per heavy atom. The SMILES string of the molecule is Cc1ccc(C)c(N2CCN(C(=O)c3nnn(-c4ccccc4Cl)c3-c3cccnc3)CC2)c1. The molecule has 0 N–H and O–H groups in total. The van der Waals surface area contributed by atoms with Gasteiger partial charge in [-0.15, -0.1) is 5.10 Å². The summed E-state index contributed by atoms with van der Waals surface area (Å²) in [6.07, 6.45) is 3.41. The Hall–Kier alpha value is -3.71. The maximum atomic E-state index is 13.6. The van der Waals surface area contributed by atoms with Crippen LogP contribution in [0.2, 0.25) is 5.02 Å². The summed E-state index contributed by atoms with van der Waals surface area (Å²) in [6.45, 7) is 6.97. The average molecular weight is 473 g/mol. The summed E-state index contributed by atoms with van der Waals surface area (Å²) in [7, 11) is 0. The molecule has 0 spiro atoms. The molecule has 0 unspecified atom stereocenters. The van der Waals surface area contributed by atoms with Crippen LogP contribution in [0.5, 0.6) is 0 Å². The van der Waals surface area contributed by atoms with E-state index < -0.39 is 0 Å². The minimum atomic E-state index is -0.141. The number of carbonyl (C=O) groups is 1. The molecule has 1 amide bonds. The van der Waals surface area contributed by atoms with Crippen molar-refractivity contribution in [2.75, 3.05) is 31.1 Å². The molecule has 8 heteroatoms. The minimum Gasteiger partial charge on any atom is -0.368 e. The van der Waals surface area contributed by atoms with Gasteiger partial charge in [0.15, 0.2) is 5.69 Å². The molecule has 2 aromatic heterocycles. The maximum Gasteiger partial charge on any atom is 0.276 e. The molecule has 172 valence electrons. The maximum absolute atomic E-state index is 13.6. The van der Waals surface area contributed by atoms with Gasteiger partial charge >= 0.3 is 0 Å². The third kappa shape index (κ3) is 4.15. The number of anilines is 1. The van der Waals surface area contributed by atoms with Crippen LogP contribution in [-0.4, -0.2) is 57.0 Å². The summed E-state index contributed by atoms with van der Waals surface area (Å²) in [5.41, 5.74) is 6.01. The van der Waals surface area contributed by atoms with Crippen molar-refractivity contribution in [3.05, 3.63) is 88.8 Å². The van der Waals surface area contributed by atoms with Gasteiger partial charge in [-0.2, -0.15) is 0 Å². The van der Waals surface area contributed by atoms with Crippen molar-refractivity contribution < 1.29 is 4.79 Å². The highest BCUT2D eigenvalue weighted by Crippen LogP contribution is 2.29. The highest BCUT2D eigenvalue weighted by molar-refractivity contribution is 6.32. The molecule has 2 aromatic carbocycles. The zero-order chi connectivity index (χ0) is 23.7. The number of benzene rings is 2. The van der Waals surface area contributed by atoms with Crippen molar-refractivity contribution in [3.63, 3.8) is 0 Å². The molecule has 1 aliphatic rings. The highest BCUT2D eigenvalue weighted by Gasteiger charge is 2.29. The van der Waals surface area contributed by atoms with E-state index in [1.54, 1.807) is 23.1 Å². The van der Waals surface area contributed by atoms with Crippen molar-refractivity contribution >= 4 is 23.2 Å². The average Bonchev–Trinajstić information content (AvgIpc) is 3.31. The topological polar surface area (TPSA) is 67.2 Å². The molecule has 0 radical (unpaired) electrons. The van der Waals surface area contributed by atoms with Crippen LogP contribution in [0.25, 0.3) is 16.9 Å². The van der Waals surface area contributed by atoms with Crippen LogP contribution in [0.15, 0.2) is 67.0 Å². The Morgan fingerprint density at radius 1 is 0.941 bits per heavy atom. The van der Waals surface area contributed by atoms with E-state index in [1.165, 1.54) is 16.8 Å². The Balaban J connectivity index is 1.45. The van der Waals surface area contributed by atoms with E-state index in [1.807, 2.05) is 35.2 Å². The fourth-order valence-electron chi connectivity index (χ4n) is 4.34. The lowest BCUT2D eigenvalue weighted by atomic mass is 10.1. The van der Waals surface area contributed by atoms with Crippen LogP contribution in [0.3, 0.4) is 0 Å². The van der Waals surface area contributed by atoms with E-state index in [0.29, 0.717) is 35.2 Å². The van der Waals surface area contributed by atoms with Gasteiger partial charge in [-0.3, -0.25) is 9.78 Å². The molecule has 0 atom stereocenters. The number of para-hydroxylation sites is 1. The van der Waals surface area contributed by atoms with Gasteiger partial charge in [-0.1, -0.05) is 41.1 Å². The molecule has 7 nitrogen and oxygen atoms in total. The first-order valence-corrected chi connectivity index (χ1v) is 11.6. The second kappa shape index (κ2) is 9.27. The molecule has 0 saturated carbocycles. The molecule has 1 fully saturated rings. The number of halogens is 1. The molecule has 1 aliphatic heterocycles. The highest BCUT2D eigenvalue weighted by atomic mass is 35.5. The molecule has 0 bridgehead atoms. The summed E-state index contributed by atoms with van der Waals surface area (Å²) >= 11 is 6.45. The quantitative estimate of drug-likeness (QED) is 0.435. The number of piperazine rings is 1. The summed E-state index contributed by atoms with van der Waals surface area (Å²) in [4.78, 5) is 22.1. The molecular weight excluding hydrogens is 448 g/mol. The monoisotopic (exact) mass is 472 g/mol. The van der Waals surface area contributed by atoms with E-state index in [9.17, 15) is 4.79 Å². The van der Waals surface area contributed by atoms with E-state index >= 15 is 0 Å². The number of hydrogen-bond donors (Lipinski definition) is 0. The lowest BCUT2D eigenvalue weighted by Gasteiger charge is -2.36. The summed E-state index contributed by atoms with van der Waals surface area (Å²) < 4.78 is 1.62. The van der Waals surface area contributed by atoms with Crippen molar-refractivity contribution in [1.29, 1.82) is 0 Å². The van der Waals surface area contributed by atoms with E-state index in [2.05, 4.69) is 52.2 Å². The zero-order valence-electron chi connectivity index (χ0n) is 19.1. The van der Waals surface area contributed by atoms with Crippen LogP contribution >= 0.6 is 11.6 Å². The van der Waals surface area contributed by atoms with Crippen LogP contribution in [0, 0.1) is 13.8 Å². The van der Waals surface area contributed by atoms with Crippen molar-refractivity contribution in [2.24, 2.45) is 0 Å². The molecule has 0 aliphatic carbocycles. The van der Waals surface area contributed by atoms with E-state index in [0.717, 1.165) is 18.7 Å². The molecular formula is C26H25ClN6O. The van der Waals surface area contributed by atoms with Crippen LogP contribution < -0.4 is 4.90 Å². The normalized spacial score (nSPS) is 13.9. The fraction of sp³-hybridized carbons (Fsp3) is 0.231. The van der Waals surface area contributed by atoms with Gasteiger partial charge in [0.25, 0.3) is 5.91 Å². The van der Waals surface area contributed by atoms with Gasteiger partial charge in [0.05, 0.1) is 10.7 Å². The van der Waals surface area contributed by atoms with Crippen LogP contribution in [0.1, 0.15) is 21.6 Å². The largest absolute Gasteiger partial charge is 0.368 e. The first kappa shape index (κ1) is 22.1. The van der Waals surface area contributed by atoms with Gasteiger partial charge < -0.3 is 9.80 Å². The molecule has 34 heavy (non-hydrogen) atoms. The van der Waals surface area contributed by atoms with Crippen molar-refractivity contribution in [1.82, 2.24) is 24.9 Å². The van der Waals surface area contributed by atoms with Crippen molar-refractivity contribution in [3.8, 4) is 16.9 Å². The van der Waals surface area contributed by atoms with Gasteiger partial charge in [0.2, 0.25) is 0 Å². The molecule has 5 rings (SSSR count). The number of amides is 1. The van der Waals surface area contributed by atoms with Crippen molar-refractivity contribution in [2.45, 2.75) is 13.8 Å². The second-order valence-corrected chi connectivity index (χ2v) is 8.87. The van der Waals surface area contributed by atoms with Gasteiger partial charge in [0.1, 0.15) is 5.69 Å². The standard InChI is InChI=1S/C26H25ClN6O/c1-18-9-10-19(2)23(16-18)31-12-14-32(15-13-31)26(34)24-25(20-6-5-11-28-17-20)33(30-29-24)22-8-4-3-7-21(22)27/h3-11,16-17H,12-15H2,1-2H3. The Bertz CT molecular complexity index is 1330. The number of aryl methyl sites for hydroxylation is 2. The zero-order valence-corrected chi connectivity index (χ0v) is 19.9. The molecule has 4 aromatic rings. The number of nitrogens with zero attached hydrogens (tertiary/aromatic N) is 6. The van der Waals surface area contributed by atoms with E-state index in [4.69, 9.17) is 11.6 Å². The number of rotatable bonds is 4. The Kier molecular flexibility index (Phi) is 6.02. The van der Waals surface area contributed by atoms with Gasteiger partial charge in [0, 0.05) is 49.8 Å². The first-order chi connectivity index (χ1) is 16.5. The third-order valence-corrected chi connectivity index (χ3v) is 6.48. The van der Waals surface area contributed by atoms with Gasteiger partial charge in [-0.05, 0) is 55.3 Å². The van der Waals surface area contributed by atoms with E-state index in [-0.39, 0.29) is 5.91 Å². The molecule has 3 heterocycles. The second-order valence-electron chi connectivity index (χ2n) is 8.46.